The molecule has 5 rings (SSSR count). The van der Waals surface area contributed by atoms with E-state index in [4.69, 9.17) is 4.74 Å². The number of aromatic nitrogens is 1. The molecule has 11 heteroatoms. The number of nitro groups is 1. The second-order valence-corrected chi connectivity index (χ2v) is 10.5. The minimum atomic E-state index is -0.428. The van der Waals surface area contributed by atoms with Crippen LogP contribution in [0.25, 0.3) is 17.3 Å². The first-order valence-electron chi connectivity index (χ1n) is 12.7. The van der Waals surface area contributed by atoms with E-state index in [1.165, 1.54) is 10.6 Å². The Morgan fingerprint density at radius 3 is 2.44 bits per heavy atom. The van der Waals surface area contributed by atoms with Crippen molar-refractivity contribution in [2.75, 3.05) is 44.3 Å². The Kier molecular flexibility index (Phi) is 7.58. The Bertz CT molecular complexity index is 1640. The molecular formula is C28H27N5O5S. The van der Waals surface area contributed by atoms with Crippen LogP contribution in [-0.2, 0) is 9.53 Å². The summed E-state index contributed by atoms with van der Waals surface area (Å²) >= 11 is 1.04. The van der Waals surface area contributed by atoms with E-state index in [0.29, 0.717) is 56.3 Å². The third-order valence-corrected chi connectivity index (χ3v) is 7.99. The number of hydrogen-bond acceptors (Lipinski definition) is 8. The Hall–Kier alpha value is -4.27. The van der Waals surface area contributed by atoms with Gasteiger partial charge in [-0.05, 0) is 49.6 Å². The van der Waals surface area contributed by atoms with Crippen molar-refractivity contribution >= 4 is 40.3 Å². The van der Waals surface area contributed by atoms with Crippen LogP contribution in [0.3, 0.4) is 0 Å². The number of anilines is 1. The van der Waals surface area contributed by atoms with Gasteiger partial charge in [0.2, 0.25) is 0 Å². The smallest absolute Gasteiger partial charge is 0.293 e. The first-order chi connectivity index (χ1) is 18.9. The van der Waals surface area contributed by atoms with Gasteiger partial charge in [-0.15, -0.1) is 11.3 Å². The number of carbonyl (C=O) groups excluding carboxylic acids is 1. The number of hydrogen-bond donors (Lipinski definition) is 0. The second-order valence-electron chi connectivity index (χ2n) is 9.48. The van der Waals surface area contributed by atoms with E-state index in [9.17, 15) is 25.0 Å². The maximum atomic E-state index is 13.7. The number of carbonyl (C=O) groups is 1. The molecule has 0 aliphatic carbocycles. The van der Waals surface area contributed by atoms with Crippen molar-refractivity contribution in [2.45, 2.75) is 19.8 Å². The lowest BCUT2D eigenvalue weighted by atomic mass is 10.1. The summed E-state index contributed by atoms with van der Waals surface area (Å²) in [5.41, 5.74) is 1.96. The molecule has 3 heterocycles. The van der Waals surface area contributed by atoms with E-state index in [1.807, 2.05) is 30.0 Å². The fourth-order valence-electron chi connectivity index (χ4n) is 4.84. The van der Waals surface area contributed by atoms with Crippen molar-refractivity contribution in [3.8, 4) is 11.8 Å². The number of aryl methyl sites for hydroxylation is 1. The molecule has 2 fully saturated rings. The topological polar surface area (TPSA) is 122 Å². The van der Waals surface area contributed by atoms with E-state index >= 15 is 0 Å². The average Bonchev–Trinajstić information content (AvgIpc) is 3.59. The predicted octanol–water partition coefficient (Wildman–Crippen LogP) is 2.08. The highest BCUT2D eigenvalue weighted by Gasteiger charge is 2.25. The molecule has 200 valence electrons. The van der Waals surface area contributed by atoms with Crippen molar-refractivity contribution < 1.29 is 14.5 Å². The number of rotatable bonds is 5. The summed E-state index contributed by atoms with van der Waals surface area (Å²) in [6.07, 6.45) is 3.32. The van der Waals surface area contributed by atoms with Crippen LogP contribution < -0.4 is 19.7 Å². The van der Waals surface area contributed by atoms with E-state index in [-0.39, 0.29) is 20.5 Å². The monoisotopic (exact) mass is 545 g/mol. The van der Waals surface area contributed by atoms with Crippen molar-refractivity contribution in [1.82, 2.24) is 9.47 Å². The number of morpholine rings is 1. The zero-order chi connectivity index (χ0) is 27.5. The van der Waals surface area contributed by atoms with Crippen LogP contribution in [-0.4, -0.2) is 59.7 Å². The second kappa shape index (κ2) is 11.2. The molecule has 0 atom stereocenters. The summed E-state index contributed by atoms with van der Waals surface area (Å²) in [7, 11) is 0. The van der Waals surface area contributed by atoms with Gasteiger partial charge in [0, 0.05) is 32.2 Å². The lowest BCUT2D eigenvalue weighted by molar-refractivity contribution is -0.384. The van der Waals surface area contributed by atoms with Gasteiger partial charge in [0.25, 0.3) is 17.2 Å². The molecule has 3 aromatic rings. The van der Waals surface area contributed by atoms with Crippen LogP contribution in [0.15, 0.2) is 47.3 Å². The quantitative estimate of drug-likeness (QED) is 0.355. The number of amides is 1. The lowest BCUT2D eigenvalue weighted by Gasteiger charge is -2.28. The molecule has 39 heavy (non-hydrogen) atoms. The Labute approximate surface area is 228 Å². The first-order valence-corrected chi connectivity index (χ1v) is 13.5. The van der Waals surface area contributed by atoms with Crippen molar-refractivity contribution in [3.05, 3.63) is 83.3 Å². The summed E-state index contributed by atoms with van der Waals surface area (Å²) in [4.78, 5) is 42.0. The van der Waals surface area contributed by atoms with Crippen molar-refractivity contribution in [3.63, 3.8) is 0 Å². The molecule has 0 saturated carbocycles. The van der Waals surface area contributed by atoms with Gasteiger partial charge in [-0.1, -0.05) is 23.8 Å². The molecule has 2 saturated heterocycles. The van der Waals surface area contributed by atoms with Crippen LogP contribution in [0.4, 0.5) is 11.4 Å². The van der Waals surface area contributed by atoms with Crippen LogP contribution in [0.1, 0.15) is 24.0 Å². The number of nitriles is 1. The van der Waals surface area contributed by atoms with E-state index in [1.54, 1.807) is 35.2 Å². The highest BCUT2D eigenvalue weighted by Crippen LogP contribution is 2.30. The SMILES string of the molecule is Cc1ccc(-n2c(=O)/c(=C/c3ccc(N4CCOCC4)c([N+](=O)[O-])c3)s/c2=C(/C#N)C(=O)N2CCCC2)cc1. The molecule has 10 nitrogen and oxygen atoms in total. The van der Waals surface area contributed by atoms with Gasteiger partial charge in [0.1, 0.15) is 16.4 Å². The summed E-state index contributed by atoms with van der Waals surface area (Å²) in [6.45, 7) is 5.17. The van der Waals surface area contributed by atoms with Crippen molar-refractivity contribution in [2.24, 2.45) is 0 Å². The van der Waals surface area contributed by atoms with Crippen LogP contribution in [0.5, 0.6) is 0 Å². The zero-order valence-electron chi connectivity index (χ0n) is 21.5. The molecule has 2 aliphatic rings. The normalized spacial score (nSPS) is 16.8. The minimum absolute atomic E-state index is 0.0604. The molecule has 1 amide bonds. The number of likely N-dealkylation sites (tertiary alicyclic amines) is 1. The molecular weight excluding hydrogens is 518 g/mol. The number of benzene rings is 2. The third-order valence-electron chi connectivity index (χ3n) is 6.89. The molecule has 0 unspecified atom stereocenters. The van der Waals surface area contributed by atoms with Crippen LogP contribution >= 0.6 is 11.3 Å². The number of nitro benzene ring substituents is 1. The fraction of sp³-hybridized carbons (Fsp3) is 0.321. The van der Waals surface area contributed by atoms with Gasteiger partial charge in [0.05, 0.1) is 28.4 Å². The molecule has 0 bridgehead atoms. The first kappa shape index (κ1) is 26.3. The standard InChI is InChI=1S/C28H27N5O5S/c1-19-4-7-21(8-5-19)32-27(35)25(39-28(32)22(18-29)26(34)31-10-2-3-11-31)17-20-6-9-23(24(16-20)33(36)37)30-12-14-38-15-13-30/h4-9,16-17H,2-3,10-15H2,1H3/b25-17-,28-22-. The number of ether oxygens (including phenoxy) is 1. The van der Waals surface area contributed by atoms with Gasteiger partial charge in [-0.25, -0.2) is 0 Å². The summed E-state index contributed by atoms with van der Waals surface area (Å²) in [6, 6.07) is 14.2. The Morgan fingerprint density at radius 1 is 1.10 bits per heavy atom. The summed E-state index contributed by atoms with van der Waals surface area (Å²) in [5, 5.41) is 22.0. The average molecular weight is 546 g/mol. The molecule has 0 radical (unpaired) electrons. The maximum Gasteiger partial charge on any atom is 0.293 e. The molecule has 2 aromatic carbocycles. The maximum absolute atomic E-state index is 13.7. The predicted molar refractivity (Wildman–Crippen MR) is 148 cm³/mol. The largest absolute Gasteiger partial charge is 0.378 e. The third kappa shape index (κ3) is 5.34. The lowest BCUT2D eigenvalue weighted by Crippen LogP contribution is -2.36. The molecule has 1 aromatic heterocycles. The van der Waals surface area contributed by atoms with Gasteiger partial charge < -0.3 is 14.5 Å². The number of thiazole rings is 1. The van der Waals surface area contributed by atoms with E-state index in [2.05, 4.69) is 0 Å². The summed E-state index contributed by atoms with van der Waals surface area (Å²) in [5.74, 6) is -0.394. The zero-order valence-corrected chi connectivity index (χ0v) is 22.3. The summed E-state index contributed by atoms with van der Waals surface area (Å²) < 4.78 is 7.26. The number of nitrogens with zero attached hydrogens (tertiary/aromatic N) is 5. The Balaban J connectivity index is 1.69. The van der Waals surface area contributed by atoms with E-state index in [0.717, 1.165) is 29.7 Å². The highest BCUT2D eigenvalue weighted by molar-refractivity contribution is 7.07. The van der Waals surface area contributed by atoms with Gasteiger partial charge in [-0.2, -0.15) is 5.26 Å². The molecule has 2 aliphatic heterocycles. The van der Waals surface area contributed by atoms with Gasteiger partial charge >= 0.3 is 0 Å². The fourth-order valence-corrected chi connectivity index (χ4v) is 5.94. The van der Waals surface area contributed by atoms with Crippen LogP contribution in [0, 0.1) is 28.4 Å². The van der Waals surface area contributed by atoms with Gasteiger partial charge in [0.15, 0.2) is 5.57 Å². The molecule has 0 N–H and O–H groups in total. The van der Waals surface area contributed by atoms with Crippen LogP contribution in [0.2, 0.25) is 0 Å². The van der Waals surface area contributed by atoms with Crippen molar-refractivity contribution in [1.29, 1.82) is 5.26 Å². The van der Waals surface area contributed by atoms with E-state index < -0.39 is 16.4 Å². The van der Waals surface area contributed by atoms with Gasteiger partial charge in [-0.3, -0.25) is 24.3 Å². The molecule has 0 spiro atoms. The Morgan fingerprint density at radius 2 is 1.79 bits per heavy atom. The highest BCUT2D eigenvalue weighted by atomic mass is 32.1. The minimum Gasteiger partial charge on any atom is -0.378 e.